The van der Waals surface area contributed by atoms with Crippen molar-refractivity contribution in [2.75, 3.05) is 17.8 Å². The van der Waals surface area contributed by atoms with Crippen LogP contribution in [0.5, 0.6) is 0 Å². The summed E-state index contributed by atoms with van der Waals surface area (Å²) >= 11 is 12.7. The number of sulfonamides is 2. The summed E-state index contributed by atoms with van der Waals surface area (Å²) in [5.41, 5.74) is 1.45. The van der Waals surface area contributed by atoms with Crippen LogP contribution in [-0.4, -0.2) is 34.2 Å². The Labute approximate surface area is 174 Å². The van der Waals surface area contributed by atoms with Crippen LogP contribution in [0.2, 0.25) is 8.67 Å². The highest BCUT2D eigenvalue weighted by molar-refractivity contribution is 7.93. The quantitative estimate of drug-likeness (QED) is 0.645. The molecule has 0 fully saturated rings. The molecule has 0 spiro atoms. The normalized spacial score (nSPS) is 12.6. The molecule has 6 nitrogen and oxygen atoms in total. The molecule has 0 saturated carbocycles. The van der Waals surface area contributed by atoms with Crippen molar-refractivity contribution < 1.29 is 16.8 Å². The Kier molecular flexibility index (Phi) is 6.87. The Morgan fingerprint density at radius 3 is 2.11 bits per heavy atom. The number of anilines is 1. The van der Waals surface area contributed by atoms with E-state index in [0.717, 1.165) is 11.3 Å². The van der Waals surface area contributed by atoms with Crippen molar-refractivity contribution in [1.82, 2.24) is 4.31 Å². The first kappa shape index (κ1) is 22.4. The van der Waals surface area contributed by atoms with Crippen molar-refractivity contribution in [3.05, 3.63) is 38.0 Å². The average molecular weight is 471 g/mol. The molecule has 0 saturated heterocycles. The molecule has 11 heteroatoms. The maximum atomic E-state index is 12.8. The molecule has 1 N–H and O–H groups in total. The van der Waals surface area contributed by atoms with E-state index in [1.807, 2.05) is 0 Å². The molecule has 0 unspecified atom stereocenters. The van der Waals surface area contributed by atoms with Crippen LogP contribution in [-0.2, 0) is 20.0 Å². The highest BCUT2D eigenvalue weighted by Crippen LogP contribution is 2.36. The number of nitrogens with zero attached hydrogens (tertiary/aromatic N) is 1. The Morgan fingerprint density at radius 1 is 1.04 bits per heavy atom. The minimum absolute atomic E-state index is 0.0291. The molecule has 0 bridgehead atoms. The Morgan fingerprint density at radius 2 is 1.63 bits per heavy atom. The van der Waals surface area contributed by atoms with Gasteiger partial charge in [-0.25, -0.2) is 16.8 Å². The molecular formula is C16H20Cl2N2O4S3. The number of nitrogens with one attached hydrogen (secondary N) is 1. The Hall–Kier alpha value is -0.840. The zero-order valence-corrected chi connectivity index (χ0v) is 19.2. The lowest BCUT2D eigenvalue weighted by atomic mass is 10.1. The molecule has 1 aromatic carbocycles. The van der Waals surface area contributed by atoms with Crippen LogP contribution >= 0.6 is 34.5 Å². The molecular weight excluding hydrogens is 451 g/mol. The number of thiophene rings is 1. The second-order valence-electron chi connectivity index (χ2n) is 5.80. The van der Waals surface area contributed by atoms with Gasteiger partial charge in [0, 0.05) is 13.1 Å². The van der Waals surface area contributed by atoms with E-state index in [-0.39, 0.29) is 24.2 Å². The maximum absolute atomic E-state index is 12.8. The number of benzene rings is 1. The Bertz CT molecular complexity index is 1060. The number of rotatable bonds is 7. The summed E-state index contributed by atoms with van der Waals surface area (Å²) in [7, 11) is -7.75. The van der Waals surface area contributed by atoms with Crippen LogP contribution in [0.3, 0.4) is 0 Å². The minimum atomic E-state index is -4.02. The van der Waals surface area contributed by atoms with Gasteiger partial charge in [-0.15, -0.1) is 11.3 Å². The van der Waals surface area contributed by atoms with E-state index in [2.05, 4.69) is 4.72 Å². The van der Waals surface area contributed by atoms with E-state index in [9.17, 15) is 16.8 Å². The van der Waals surface area contributed by atoms with Crippen LogP contribution in [0.25, 0.3) is 0 Å². The van der Waals surface area contributed by atoms with Crippen molar-refractivity contribution in [3.63, 3.8) is 0 Å². The molecule has 2 rings (SSSR count). The first-order valence-electron chi connectivity index (χ1n) is 8.03. The lowest BCUT2D eigenvalue weighted by molar-refractivity contribution is 0.445. The second kappa shape index (κ2) is 8.26. The highest BCUT2D eigenvalue weighted by Gasteiger charge is 2.26. The van der Waals surface area contributed by atoms with Crippen molar-refractivity contribution in [2.45, 2.75) is 37.5 Å². The van der Waals surface area contributed by atoms with E-state index >= 15 is 0 Å². The number of hydrogen-bond donors (Lipinski definition) is 1. The van der Waals surface area contributed by atoms with Gasteiger partial charge in [0.2, 0.25) is 10.0 Å². The van der Waals surface area contributed by atoms with E-state index < -0.39 is 20.0 Å². The van der Waals surface area contributed by atoms with Crippen LogP contribution in [0.1, 0.15) is 25.0 Å². The smallest absolute Gasteiger partial charge is 0.264 e. The van der Waals surface area contributed by atoms with E-state index in [1.165, 1.54) is 22.5 Å². The summed E-state index contributed by atoms with van der Waals surface area (Å²) in [6.45, 7) is 7.56. The fraction of sp³-hybridized carbons (Fsp3) is 0.375. The zero-order chi connectivity index (χ0) is 20.6. The summed E-state index contributed by atoms with van der Waals surface area (Å²) in [4.78, 5) is -0.116. The molecule has 0 amide bonds. The summed E-state index contributed by atoms with van der Waals surface area (Å²) in [5, 5.41) is 0. The third-order valence-electron chi connectivity index (χ3n) is 4.14. The molecule has 0 aliphatic rings. The SMILES string of the molecule is CCN(CC)S(=O)(=O)c1cc(C)c(C)c(NS(=O)(=O)c2cc(Cl)sc2Cl)c1. The largest absolute Gasteiger partial charge is 0.279 e. The molecule has 2 aromatic rings. The molecule has 0 aliphatic carbocycles. The monoisotopic (exact) mass is 470 g/mol. The van der Waals surface area contributed by atoms with Gasteiger partial charge in [-0.05, 0) is 43.2 Å². The van der Waals surface area contributed by atoms with Gasteiger partial charge >= 0.3 is 0 Å². The van der Waals surface area contributed by atoms with Crippen molar-refractivity contribution in [3.8, 4) is 0 Å². The van der Waals surface area contributed by atoms with Gasteiger partial charge < -0.3 is 0 Å². The van der Waals surface area contributed by atoms with Crippen LogP contribution in [0, 0.1) is 13.8 Å². The molecule has 0 atom stereocenters. The van der Waals surface area contributed by atoms with Gasteiger partial charge in [0.05, 0.1) is 14.9 Å². The molecule has 27 heavy (non-hydrogen) atoms. The summed E-state index contributed by atoms with van der Waals surface area (Å²) in [6, 6.07) is 4.13. The van der Waals surface area contributed by atoms with E-state index in [1.54, 1.807) is 27.7 Å². The maximum Gasteiger partial charge on any atom is 0.264 e. The molecule has 0 radical (unpaired) electrons. The summed E-state index contributed by atoms with van der Waals surface area (Å²) in [6.07, 6.45) is 0. The van der Waals surface area contributed by atoms with Crippen LogP contribution in [0.15, 0.2) is 28.0 Å². The number of halogens is 2. The zero-order valence-electron chi connectivity index (χ0n) is 15.2. The molecule has 1 aromatic heterocycles. The minimum Gasteiger partial charge on any atom is -0.279 e. The molecule has 0 aliphatic heterocycles. The van der Waals surface area contributed by atoms with Crippen molar-refractivity contribution >= 4 is 60.3 Å². The average Bonchev–Trinajstić information content (AvgIpc) is 2.91. The van der Waals surface area contributed by atoms with Gasteiger partial charge in [0.1, 0.15) is 9.23 Å². The van der Waals surface area contributed by atoms with Crippen molar-refractivity contribution in [2.24, 2.45) is 0 Å². The fourth-order valence-corrected chi connectivity index (χ4v) is 7.34. The van der Waals surface area contributed by atoms with E-state index in [4.69, 9.17) is 23.2 Å². The first-order chi connectivity index (χ1) is 12.4. The van der Waals surface area contributed by atoms with Gasteiger partial charge in [-0.2, -0.15) is 4.31 Å². The van der Waals surface area contributed by atoms with Gasteiger partial charge in [-0.1, -0.05) is 37.0 Å². The number of aryl methyl sites for hydroxylation is 1. The fourth-order valence-electron chi connectivity index (χ4n) is 2.50. The number of hydrogen-bond acceptors (Lipinski definition) is 5. The molecule has 150 valence electrons. The van der Waals surface area contributed by atoms with Crippen LogP contribution < -0.4 is 4.72 Å². The lowest BCUT2D eigenvalue weighted by Gasteiger charge is -2.20. The third-order valence-corrected chi connectivity index (χ3v) is 9.29. The predicted octanol–water partition coefficient (Wildman–Crippen LogP) is 4.50. The highest BCUT2D eigenvalue weighted by atomic mass is 35.5. The van der Waals surface area contributed by atoms with Gasteiger partial charge in [0.25, 0.3) is 10.0 Å². The first-order valence-corrected chi connectivity index (χ1v) is 12.5. The molecule has 1 heterocycles. The predicted molar refractivity (Wildman–Crippen MR) is 111 cm³/mol. The summed E-state index contributed by atoms with van der Waals surface area (Å²) < 4.78 is 55.1. The topological polar surface area (TPSA) is 83.6 Å². The van der Waals surface area contributed by atoms with Crippen LogP contribution in [0.4, 0.5) is 5.69 Å². The lowest BCUT2D eigenvalue weighted by Crippen LogP contribution is -2.30. The van der Waals surface area contributed by atoms with Gasteiger partial charge in [-0.3, -0.25) is 4.72 Å². The standard InChI is InChI=1S/C16H20Cl2N2O4S3/c1-5-20(6-2)27(23,24)12-7-10(3)11(4)13(8-12)19-26(21,22)14-9-15(17)25-16(14)18/h7-9,19H,5-6H2,1-4H3. The van der Waals surface area contributed by atoms with E-state index in [0.29, 0.717) is 24.2 Å². The van der Waals surface area contributed by atoms with Crippen molar-refractivity contribution in [1.29, 1.82) is 0 Å². The Balaban J connectivity index is 2.56. The third kappa shape index (κ3) is 4.60. The second-order valence-corrected chi connectivity index (χ2v) is 11.7. The summed E-state index contributed by atoms with van der Waals surface area (Å²) in [5.74, 6) is 0. The van der Waals surface area contributed by atoms with Gasteiger partial charge in [0.15, 0.2) is 0 Å².